The monoisotopic (exact) mass is 326 g/mol. The van der Waals surface area contributed by atoms with Gasteiger partial charge in [-0.1, -0.05) is 6.92 Å². The number of ether oxygens (including phenoxy) is 2. The minimum atomic E-state index is -0.210. The summed E-state index contributed by atoms with van der Waals surface area (Å²) < 4.78 is 10.6. The Morgan fingerprint density at radius 1 is 0.955 bits per heavy atom. The average Bonchev–Trinajstić information content (AvgIpc) is 3.20. The van der Waals surface area contributed by atoms with E-state index in [4.69, 9.17) is 9.47 Å². The number of esters is 2. The highest BCUT2D eigenvalue weighted by Gasteiger charge is 2.55. The minimum absolute atomic E-state index is 0.0865. The second kappa shape index (κ2) is 6.81. The van der Waals surface area contributed by atoms with Crippen LogP contribution < -0.4 is 0 Å². The van der Waals surface area contributed by atoms with Crippen LogP contribution in [-0.4, -0.2) is 30.9 Å². The maximum absolute atomic E-state index is 11.3. The van der Waals surface area contributed by atoms with E-state index in [1.54, 1.807) is 0 Å². The van der Waals surface area contributed by atoms with Gasteiger partial charge in [0.25, 0.3) is 0 Å². The Morgan fingerprint density at radius 3 is 2.41 bits per heavy atom. The molecule has 0 amide bonds. The smallest absolute Gasteiger partial charge is 0.315 e. The zero-order chi connectivity index (χ0) is 15.7. The summed E-state index contributed by atoms with van der Waals surface area (Å²) in [5, 5.41) is 0. The van der Waals surface area contributed by atoms with E-state index in [0.29, 0.717) is 37.4 Å². The van der Waals surface area contributed by atoms with Gasteiger partial charge in [0.1, 0.15) is 0 Å². The van der Waals surface area contributed by atoms with Crippen molar-refractivity contribution in [3.05, 3.63) is 0 Å². The molecule has 0 heterocycles. The number of carbonyl (C=O) groups is 2. The molecule has 0 saturated heterocycles. The molecule has 22 heavy (non-hydrogen) atoms. The first-order valence-electron chi connectivity index (χ1n) is 8.54. The maximum atomic E-state index is 11.3. The third kappa shape index (κ3) is 3.15. The van der Waals surface area contributed by atoms with Gasteiger partial charge >= 0.3 is 11.9 Å². The predicted octanol–water partition coefficient (Wildman–Crippen LogP) is 2.71. The minimum Gasteiger partial charge on any atom is -0.465 e. The summed E-state index contributed by atoms with van der Waals surface area (Å²) in [4.78, 5) is 22.6. The van der Waals surface area contributed by atoms with Crippen LogP contribution in [-0.2, 0) is 19.1 Å². The molecule has 0 spiro atoms. The Balaban J connectivity index is 1.50. The SMILES string of the molecule is CCC(=O)OCC1CC2C3CC(COC(=O)CS)C(C3)C2C1. The van der Waals surface area contributed by atoms with Gasteiger partial charge < -0.3 is 9.47 Å². The van der Waals surface area contributed by atoms with Crippen molar-refractivity contribution in [1.29, 1.82) is 0 Å². The first-order chi connectivity index (χ1) is 10.6. The van der Waals surface area contributed by atoms with Gasteiger partial charge in [0.05, 0.1) is 19.0 Å². The van der Waals surface area contributed by atoms with Crippen molar-refractivity contribution in [2.75, 3.05) is 19.0 Å². The third-order valence-electron chi connectivity index (χ3n) is 6.06. The summed E-state index contributed by atoms with van der Waals surface area (Å²) in [5.41, 5.74) is 0. The molecular formula is C17H26O4S. The topological polar surface area (TPSA) is 52.6 Å². The van der Waals surface area contributed by atoms with Crippen LogP contribution in [0.3, 0.4) is 0 Å². The van der Waals surface area contributed by atoms with Gasteiger partial charge in [-0.3, -0.25) is 9.59 Å². The summed E-state index contributed by atoms with van der Waals surface area (Å²) in [7, 11) is 0. The Kier molecular flexibility index (Phi) is 5.00. The molecule has 5 heteroatoms. The van der Waals surface area contributed by atoms with Crippen molar-refractivity contribution in [1.82, 2.24) is 0 Å². The molecule has 3 saturated carbocycles. The van der Waals surface area contributed by atoms with Crippen molar-refractivity contribution >= 4 is 24.6 Å². The van der Waals surface area contributed by atoms with Crippen LogP contribution >= 0.6 is 12.6 Å². The molecule has 4 nitrogen and oxygen atoms in total. The van der Waals surface area contributed by atoms with Gasteiger partial charge in [-0.2, -0.15) is 12.6 Å². The Bertz CT molecular complexity index is 438. The molecule has 0 aromatic heterocycles. The lowest BCUT2D eigenvalue weighted by Crippen LogP contribution is -2.28. The van der Waals surface area contributed by atoms with Crippen LogP contribution in [0.4, 0.5) is 0 Å². The molecule has 2 bridgehead atoms. The second-order valence-corrected chi connectivity index (χ2v) is 7.51. The Labute approximate surface area is 137 Å². The number of hydrogen-bond acceptors (Lipinski definition) is 5. The first-order valence-corrected chi connectivity index (χ1v) is 9.17. The number of hydrogen-bond donors (Lipinski definition) is 1. The van der Waals surface area contributed by atoms with Crippen molar-refractivity contribution in [2.45, 2.75) is 39.0 Å². The molecule has 0 aromatic rings. The fraction of sp³-hybridized carbons (Fsp3) is 0.882. The average molecular weight is 326 g/mol. The molecule has 3 aliphatic carbocycles. The molecule has 6 atom stereocenters. The standard InChI is InChI=1S/C17H26O4S/c1-2-16(18)20-7-10-3-13-11-5-12(8-21-17(19)9-22)14(6-11)15(13)4-10/h10-15,22H,2-9H2,1H3. The Hall–Kier alpha value is -0.710. The summed E-state index contributed by atoms with van der Waals surface area (Å²) >= 11 is 3.95. The maximum Gasteiger partial charge on any atom is 0.315 e. The lowest BCUT2D eigenvalue weighted by Gasteiger charge is -2.31. The molecule has 0 N–H and O–H groups in total. The van der Waals surface area contributed by atoms with Gasteiger partial charge in [0.2, 0.25) is 0 Å². The largest absolute Gasteiger partial charge is 0.465 e. The van der Waals surface area contributed by atoms with Crippen LogP contribution in [0.15, 0.2) is 0 Å². The van der Waals surface area contributed by atoms with Crippen molar-refractivity contribution in [3.8, 4) is 0 Å². The zero-order valence-electron chi connectivity index (χ0n) is 13.2. The van der Waals surface area contributed by atoms with Gasteiger partial charge in [0.15, 0.2) is 0 Å². The van der Waals surface area contributed by atoms with Crippen LogP contribution in [0, 0.1) is 35.5 Å². The van der Waals surface area contributed by atoms with Crippen LogP contribution in [0.25, 0.3) is 0 Å². The quantitative estimate of drug-likeness (QED) is 0.602. The number of fused-ring (bicyclic) bond motifs is 5. The normalized spacial score (nSPS) is 38.8. The van der Waals surface area contributed by atoms with E-state index in [2.05, 4.69) is 12.6 Å². The molecule has 124 valence electrons. The fourth-order valence-electron chi connectivity index (χ4n) is 5.21. The van der Waals surface area contributed by atoms with Gasteiger partial charge in [0, 0.05) is 6.42 Å². The molecule has 0 aliphatic heterocycles. The van der Waals surface area contributed by atoms with E-state index in [1.807, 2.05) is 6.92 Å². The first kappa shape index (κ1) is 16.2. The van der Waals surface area contributed by atoms with Gasteiger partial charge in [-0.15, -0.1) is 0 Å². The third-order valence-corrected chi connectivity index (χ3v) is 6.32. The van der Waals surface area contributed by atoms with E-state index in [1.165, 1.54) is 25.7 Å². The van der Waals surface area contributed by atoms with Crippen molar-refractivity contribution < 1.29 is 19.1 Å². The molecule has 0 radical (unpaired) electrons. The van der Waals surface area contributed by atoms with E-state index in [-0.39, 0.29) is 17.7 Å². The van der Waals surface area contributed by atoms with E-state index < -0.39 is 0 Å². The van der Waals surface area contributed by atoms with Crippen LogP contribution in [0.1, 0.15) is 39.0 Å². The number of rotatable bonds is 6. The zero-order valence-corrected chi connectivity index (χ0v) is 14.1. The van der Waals surface area contributed by atoms with E-state index >= 15 is 0 Å². The fourth-order valence-corrected chi connectivity index (χ4v) is 5.30. The summed E-state index contributed by atoms with van der Waals surface area (Å²) in [6.45, 7) is 3.00. The van der Waals surface area contributed by atoms with Gasteiger partial charge in [-0.25, -0.2) is 0 Å². The molecule has 3 rings (SSSR count). The predicted molar refractivity (Wildman–Crippen MR) is 85.5 cm³/mol. The summed E-state index contributed by atoms with van der Waals surface area (Å²) in [5.74, 6) is 4.00. The van der Waals surface area contributed by atoms with E-state index in [9.17, 15) is 9.59 Å². The number of carbonyl (C=O) groups excluding carboxylic acids is 2. The molecule has 6 unspecified atom stereocenters. The highest BCUT2D eigenvalue weighted by atomic mass is 32.1. The highest BCUT2D eigenvalue weighted by molar-refractivity contribution is 7.81. The lowest BCUT2D eigenvalue weighted by molar-refractivity contribution is -0.144. The summed E-state index contributed by atoms with van der Waals surface area (Å²) in [6.07, 6.45) is 5.36. The highest BCUT2D eigenvalue weighted by Crippen LogP contribution is 2.62. The number of thiol groups is 1. The second-order valence-electron chi connectivity index (χ2n) is 7.20. The van der Waals surface area contributed by atoms with E-state index in [0.717, 1.165) is 17.8 Å². The lowest BCUT2D eigenvalue weighted by atomic mass is 9.76. The van der Waals surface area contributed by atoms with Crippen molar-refractivity contribution in [3.63, 3.8) is 0 Å². The Morgan fingerprint density at radius 2 is 1.68 bits per heavy atom. The van der Waals surface area contributed by atoms with Crippen LogP contribution in [0.5, 0.6) is 0 Å². The van der Waals surface area contributed by atoms with Gasteiger partial charge in [-0.05, 0) is 61.2 Å². The molecular weight excluding hydrogens is 300 g/mol. The molecule has 3 aliphatic rings. The van der Waals surface area contributed by atoms with Crippen molar-refractivity contribution in [2.24, 2.45) is 35.5 Å². The summed E-state index contributed by atoms with van der Waals surface area (Å²) in [6, 6.07) is 0. The molecule has 0 aromatic carbocycles. The molecule has 3 fully saturated rings. The van der Waals surface area contributed by atoms with Crippen LogP contribution in [0.2, 0.25) is 0 Å².